The Labute approximate surface area is 366 Å². The van der Waals surface area contributed by atoms with E-state index in [0.29, 0.717) is 0 Å². The highest BCUT2D eigenvalue weighted by atomic mass is 16.3. The summed E-state index contributed by atoms with van der Waals surface area (Å²) < 4.78 is 6.63. The summed E-state index contributed by atoms with van der Waals surface area (Å²) in [7, 11) is 0. The van der Waals surface area contributed by atoms with Crippen molar-refractivity contribution >= 4 is 43.3 Å². The number of hydrogen-bond acceptors (Lipinski definition) is 1. The SMILES string of the molecule is c1ccc(-c2ccc3c(-c4ccc5ccccc5c4)c4cc(-c5ccccc5)ccc4c(-c4ccc(-c5ccc6oc(-c7ccccc7)c(-c7ccccc7)c6c5)cc4)c3c2)cc1. The molecule has 11 aromatic carbocycles. The summed E-state index contributed by atoms with van der Waals surface area (Å²) >= 11 is 0. The van der Waals surface area contributed by atoms with Crippen LogP contribution < -0.4 is 0 Å². The van der Waals surface area contributed by atoms with E-state index in [1.54, 1.807) is 0 Å². The van der Waals surface area contributed by atoms with Crippen molar-refractivity contribution < 1.29 is 4.42 Å². The molecule has 63 heavy (non-hydrogen) atoms. The van der Waals surface area contributed by atoms with Crippen molar-refractivity contribution in [1.29, 1.82) is 0 Å². The molecular formula is C62H40O. The molecule has 0 bridgehead atoms. The summed E-state index contributed by atoms with van der Waals surface area (Å²) in [5.74, 6) is 0.889. The van der Waals surface area contributed by atoms with Crippen LogP contribution in [0.1, 0.15) is 0 Å². The first-order chi connectivity index (χ1) is 31.2. The molecule has 0 amide bonds. The van der Waals surface area contributed by atoms with Crippen molar-refractivity contribution in [3.05, 3.63) is 243 Å². The van der Waals surface area contributed by atoms with Gasteiger partial charge in [-0.2, -0.15) is 0 Å². The Morgan fingerprint density at radius 3 is 1.19 bits per heavy atom. The Kier molecular flexibility index (Phi) is 8.90. The van der Waals surface area contributed by atoms with Crippen molar-refractivity contribution in [2.24, 2.45) is 0 Å². The summed E-state index contributed by atoms with van der Waals surface area (Å²) in [6, 6.07) is 88.0. The Morgan fingerprint density at radius 1 is 0.206 bits per heavy atom. The molecule has 0 aliphatic carbocycles. The molecule has 0 radical (unpaired) electrons. The third kappa shape index (κ3) is 6.50. The van der Waals surface area contributed by atoms with E-state index in [9.17, 15) is 0 Å². The minimum atomic E-state index is 0.876. The zero-order chi connectivity index (χ0) is 41.7. The van der Waals surface area contributed by atoms with Crippen molar-refractivity contribution in [2.75, 3.05) is 0 Å². The molecule has 0 saturated carbocycles. The van der Waals surface area contributed by atoms with Crippen LogP contribution in [0, 0.1) is 0 Å². The maximum absolute atomic E-state index is 6.63. The fourth-order valence-electron chi connectivity index (χ4n) is 9.61. The lowest BCUT2D eigenvalue weighted by Gasteiger charge is -2.20. The van der Waals surface area contributed by atoms with Gasteiger partial charge in [-0.1, -0.05) is 212 Å². The fourth-order valence-corrected chi connectivity index (χ4v) is 9.61. The number of rotatable bonds is 7. The third-order valence-electron chi connectivity index (χ3n) is 12.7. The average molecular weight is 801 g/mol. The van der Waals surface area contributed by atoms with Crippen molar-refractivity contribution in [3.63, 3.8) is 0 Å². The lowest BCUT2D eigenvalue weighted by Crippen LogP contribution is -1.93. The van der Waals surface area contributed by atoms with Gasteiger partial charge in [0.15, 0.2) is 0 Å². The van der Waals surface area contributed by atoms with Crippen LogP contribution in [0.25, 0.3) is 121 Å². The maximum atomic E-state index is 6.63. The second kappa shape index (κ2) is 15.3. The Morgan fingerprint density at radius 2 is 0.603 bits per heavy atom. The van der Waals surface area contributed by atoms with Crippen LogP contribution in [0.4, 0.5) is 0 Å². The highest BCUT2D eigenvalue weighted by Crippen LogP contribution is 2.47. The molecule has 1 aromatic heterocycles. The van der Waals surface area contributed by atoms with E-state index in [4.69, 9.17) is 4.42 Å². The number of benzene rings is 11. The van der Waals surface area contributed by atoms with Crippen LogP contribution in [0.5, 0.6) is 0 Å². The monoisotopic (exact) mass is 800 g/mol. The molecule has 1 heterocycles. The highest BCUT2D eigenvalue weighted by Gasteiger charge is 2.21. The van der Waals surface area contributed by atoms with E-state index in [1.807, 2.05) is 6.07 Å². The number of fused-ring (bicyclic) bond motifs is 4. The van der Waals surface area contributed by atoms with E-state index >= 15 is 0 Å². The van der Waals surface area contributed by atoms with Crippen LogP contribution in [-0.4, -0.2) is 0 Å². The number of furan rings is 1. The van der Waals surface area contributed by atoms with Crippen LogP contribution >= 0.6 is 0 Å². The summed E-state index contributed by atoms with van der Waals surface area (Å²) in [5, 5.41) is 8.50. The molecular weight excluding hydrogens is 761 g/mol. The van der Waals surface area contributed by atoms with Gasteiger partial charge in [0.05, 0.1) is 0 Å². The lowest BCUT2D eigenvalue weighted by atomic mass is 9.83. The number of hydrogen-bond donors (Lipinski definition) is 0. The standard InChI is InChI=1S/C62H40O/c1-5-15-41(16-6-1)49-32-35-54-55(38-49)59(53-34-31-50(42-17-7-2-8-18-42)39-56(53)60(54)52-30-27-43-19-13-14-24-48(43)37-52)46-28-25-44(26-29-46)51-33-36-58-57(40-51)61(45-20-9-3-10-21-45)62(63-58)47-22-11-4-12-23-47/h1-40H. The summed E-state index contributed by atoms with van der Waals surface area (Å²) in [6.07, 6.45) is 0. The van der Waals surface area contributed by atoms with Crippen LogP contribution in [0.2, 0.25) is 0 Å². The first-order valence-corrected chi connectivity index (χ1v) is 21.7. The molecule has 1 heteroatoms. The van der Waals surface area contributed by atoms with Gasteiger partial charge in [0.25, 0.3) is 0 Å². The molecule has 294 valence electrons. The van der Waals surface area contributed by atoms with E-state index < -0.39 is 0 Å². The van der Waals surface area contributed by atoms with Crippen molar-refractivity contribution in [2.45, 2.75) is 0 Å². The second-order valence-corrected chi connectivity index (χ2v) is 16.4. The molecule has 0 spiro atoms. The van der Waals surface area contributed by atoms with Gasteiger partial charge in [-0.25, -0.2) is 0 Å². The van der Waals surface area contributed by atoms with E-state index in [0.717, 1.165) is 44.5 Å². The molecule has 0 aliphatic rings. The van der Waals surface area contributed by atoms with E-state index in [2.05, 4.69) is 237 Å². The zero-order valence-corrected chi connectivity index (χ0v) is 34.5. The minimum Gasteiger partial charge on any atom is -0.455 e. The van der Waals surface area contributed by atoms with Gasteiger partial charge in [-0.15, -0.1) is 0 Å². The predicted molar refractivity (Wildman–Crippen MR) is 267 cm³/mol. The van der Waals surface area contributed by atoms with Gasteiger partial charge < -0.3 is 4.42 Å². The molecule has 0 saturated heterocycles. The smallest absolute Gasteiger partial charge is 0.143 e. The van der Waals surface area contributed by atoms with Gasteiger partial charge in [0.1, 0.15) is 11.3 Å². The first kappa shape index (κ1) is 36.6. The Hall–Kier alpha value is -8.26. The normalized spacial score (nSPS) is 11.5. The van der Waals surface area contributed by atoms with Gasteiger partial charge in [-0.3, -0.25) is 0 Å². The Balaban J connectivity index is 1.07. The molecule has 0 N–H and O–H groups in total. The molecule has 0 unspecified atom stereocenters. The van der Waals surface area contributed by atoms with Crippen LogP contribution in [-0.2, 0) is 0 Å². The van der Waals surface area contributed by atoms with Gasteiger partial charge in [-0.05, 0) is 124 Å². The molecule has 0 atom stereocenters. The summed E-state index contributed by atoms with van der Waals surface area (Å²) in [5.41, 5.74) is 16.2. The third-order valence-corrected chi connectivity index (χ3v) is 12.7. The minimum absolute atomic E-state index is 0.876. The molecule has 1 nitrogen and oxygen atoms in total. The van der Waals surface area contributed by atoms with E-state index in [-0.39, 0.29) is 0 Å². The predicted octanol–water partition coefficient (Wildman–Crippen LogP) is 17.6. The van der Waals surface area contributed by atoms with Crippen molar-refractivity contribution in [1.82, 2.24) is 0 Å². The van der Waals surface area contributed by atoms with Gasteiger partial charge in [0, 0.05) is 16.5 Å². The quantitative estimate of drug-likeness (QED) is 0.146. The van der Waals surface area contributed by atoms with Gasteiger partial charge >= 0.3 is 0 Å². The Bertz CT molecular complexity index is 3620. The molecule has 12 rings (SSSR count). The maximum Gasteiger partial charge on any atom is 0.143 e. The molecule has 0 aliphatic heterocycles. The topological polar surface area (TPSA) is 13.1 Å². The first-order valence-electron chi connectivity index (χ1n) is 21.7. The zero-order valence-electron chi connectivity index (χ0n) is 34.5. The highest BCUT2D eigenvalue weighted by molar-refractivity contribution is 6.23. The van der Waals surface area contributed by atoms with Crippen LogP contribution in [0.15, 0.2) is 247 Å². The van der Waals surface area contributed by atoms with Crippen molar-refractivity contribution in [3.8, 4) is 78.1 Å². The molecule has 0 fully saturated rings. The molecule has 12 aromatic rings. The van der Waals surface area contributed by atoms with Gasteiger partial charge in [0.2, 0.25) is 0 Å². The van der Waals surface area contributed by atoms with E-state index in [1.165, 1.54) is 76.8 Å². The van der Waals surface area contributed by atoms with Crippen LogP contribution in [0.3, 0.4) is 0 Å². The fraction of sp³-hybridized carbons (Fsp3) is 0. The summed E-state index contributed by atoms with van der Waals surface area (Å²) in [6.45, 7) is 0. The second-order valence-electron chi connectivity index (χ2n) is 16.4. The largest absolute Gasteiger partial charge is 0.455 e. The average Bonchev–Trinajstić information content (AvgIpc) is 3.75. The summed E-state index contributed by atoms with van der Waals surface area (Å²) in [4.78, 5) is 0. The lowest BCUT2D eigenvalue weighted by molar-refractivity contribution is 0.632.